The summed E-state index contributed by atoms with van der Waals surface area (Å²) < 4.78 is 10.6. The Balaban J connectivity index is 2.09. The highest BCUT2D eigenvalue weighted by molar-refractivity contribution is 5.84. The van der Waals surface area contributed by atoms with Gasteiger partial charge in [-0.2, -0.15) is 0 Å². The number of hydrogen-bond acceptors (Lipinski definition) is 4. The highest BCUT2D eigenvalue weighted by atomic mass is 16.5. The fourth-order valence-corrected chi connectivity index (χ4v) is 3.04. The summed E-state index contributed by atoms with van der Waals surface area (Å²) in [4.78, 5) is 12.8. The molecule has 26 heavy (non-hydrogen) atoms. The van der Waals surface area contributed by atoms with E-state index in [-0.39, 0.29) is 23.5 Å². The molecular formula is C21H27NO4. The van der Waals surface area contributed by atoms with E-state index in [9.17, 15) is 9.90 Å². The highest BCUT2D eigenvalue weighted by Gasteiger charge is 2.25. The molecule has 0 radical (unpaired) electrons. The van der Waals surface area contributed by atoms with Crippen molar-refractivity contribution in [1.82, 2.24) is 5.32 Å². The van der Waals surface area contributed by atoms with Crippen LogP contribution in [0.3, 0.4) is 0 Å². The second kappa shape index (κ2) is 9.13. The number of ether oxygens (including phenoxy) is 2. The fraction of sp³-hybridized carbons (Fsp3) is 0.381. The number of para-hydroxylation sites is 1. The molecule has 140 valence electrons. The summed E-state index contributed by atoms with van der Waals surface area (Å²) in [6.45, 7) is 4.50. The fourth-order valence-electron chi connectivity index (χ4n) is 3.04. The molecule has 5 nitrogen and oxygen atoms in total. The third kappa shape index (κ3) is 4.69. The van der Waals surface area contributed by atoms with Gasteiger partial charge in [0.2, 0.25) is 5.91 Å². The lowest BCUT2D eigenvalue weighted by Crippen LogP contribution is -2.33. The average Bonchev–Trinajstić information content (AvgIpc) is 2.63. The van der Waals surface area contributed by atoms with E-state index in [1.165, 1.54) is 0 Å². The van der Waals surface area contributed by atoms with Gasteiger partial charge in [0.05, 0.1) is 20.1 Å². The molecule has 0 bridgehead atoms. The Kier molecular flexibility index (Phi) is 6.89. The van der Waals surface area contributed by atoms with Crippen LogP contribution in [-0.2, 0) is 11.2 Å². The molecule has 0 saturated carbocycles. The van der Waals surface area contributed by atoms with E-state index < -0.39 is 0 Å². The number of phenolic OH excluding ortho intramolecular Hbond substituents is 1. The minimum atomic E-state index is -0.292. The van der Waals surface area contributed by atoms with Crippen LogP contribution < -0.4 is 14.8 Å². The van der Waals surface area contributed by atoms with Gasteiger partial charge in [-0.25, -0.2) is 0 Å². The third-order valence-corrected chi connectivity index (χ3v) is 4.40. The van der Waals surface area contributed by atoms with Crippen molar-refractivity contribution in [3.8, 4) is 17.2 Å². The van der Waals surface area contributed by atoms with Crippen LogP contribution in [0.25, 0.3) is 0 Å². The molecule has 0 aliphatic heterocycles. The van der Waals surface area contributed by atoms with Crippen LogP contribution in [-0.4, -0.2) is 31.8 Å². The monoisotopic (exact) mass is 357 g/mol. The Labute approximate surface area is 155 Å². The van der Waals surface area contributed by atoms with Crippen molar-refractivity contribution < 1.29 is 19.4 Å². The second-order valence-corrected chi connectivity index (χ2v) is 6.51. The smallest absolute Gasteiger partial charge is 0.227 e. The second-order valence-electron chi connectivity index (χ2n) is 6.51. The lowest BCUT2D eigenvalue weighted by atomic mass is 9.87. The molecule has 0 heterocycles. The minimum Gasteiger partial charge on any atom is -0.508 e. The van der Waals surface area contributed by atoms with Crippen LogP contribution in [0, 0.1) is 5.92 Å². The van der Waals surface area contributed by atoms with Crippen molar-refractivity contribution in [2.75, 3.05) is 20.8 Å². The summed E-state index contributed by atoms with van der Waals surface area (Å²) in [5, 5.41) is 12.8. The number of carbonyl (C=O) groups excluding carboxylic acids is 1. The maximum absolute atomic E-state index is 12.8. The van der Waals surface area contributed by atoms with E-state index in [2.05, 4.69) is 5.32 Å². The normalized spacial score (nSPS) is 11.9. The van der Waals surface area contributed by atoms with Crippen molar-refractivity contribution in [1.29, 1.82) is 0 Å². The Morgan fingerprint density at radius 2 is 1.77 bits per heavy atom. The number of methoxy groups -OCH3 is 2. The number of rotatable bonds is 8. The van der Waals surface area contributed by atoms with E-state index in [1.54, 1.807) is 26.4 Å². The third-order valence-electron chi connectivity index (χ3n) is 4.40. The van der Waals surface area contributed by atoms with E-state index in [1.807, 2.05) is 44.2 Å². The maximum atomic E-state index is 12.8. The van der Waals surface area contributed by atoms with Gasteiger partial charge in [0, 0.05) is 6.54 Å². The van der Waals surface area contributed by atoms with Crippen LogP contribution in [0.15, 0.2) is 42.5 Å². The Morgan fingerprint density at radius 1 is 1.08 bits per heavy atom. The van der Waals surface area contributed by atoms with Crippen molar-refractivity contribution in [3.63, 3.8) is 0 Å². The number of phenols is 1. The summed E-state index contributed by atoms with van der Waals surface area (Å²) in [5.41, 5.74) is 1.71. The van der Waals surface area contributed by atoms with E-state index in [0.717, 1.165) is 11.1 Å². The molecule has 1 amide bonds. The number of aromatic hydroxyl groups is 1. The summed E-state index contributed by atoms with van der Waals surface area (Å²) in [6.07, 6.45) is 0.579. The molecule has 0 saturated heterocycles. The topological polar surface area (TPSA) is 67.8 Å². The highest BCUT2D eigenvalue weighted by Crippen LogP contribution is 2.33. The lowest BCUT2D eigenvalue weighted by molar-refractivity contribution is -0.123. The quantitative estimate of drug-likeness (QED) is 0.759. The van der Waals surface area contributed by atoms with Gasteiger partial charge in [-0.05, 0) is 41.7 Å². The Hall–Kier alpha value is -2.69. The summed E-state index contributed by atoms with van der Waals surface area (Å²) in [5.74, 6) is 1.29. The number of hydrogen-bond donors (Lipinski definition) is 2. The molecule has 0 fully saturated rings. The Morgan fingerprint density at radius 3 is 2.38 bits per heavy atom. The summed E-state index contributed by atoms with van der Waals surface area (Å²) in [7, 11) is 3.17. The van der Waals surface area contributed by atoms with Gasteiger partial charge >= 0.3 is 0 Å². The first-order chi connectivity index (χ1) is 12.5. The van der Waals surface area contributed by atoms with Crippen molar-refractivity contribution in [3.05, 3.63) is 53.6 Å². The van der Waals surface area contributed by atoms with E-state index >= 15 is 0 Å². The van der Waals surface area contributed by atoms with Crippen LogP contribution in [0.5, 0.6) is 17.2 Å². The molecule has 0 aliphatic rings. The molecule has 2 aromatic carbocycles. The number of carbonyl (C=O) groups is 1. The van der Waals surface area contributed by atoms with Gasteiger partial charge in [0.25, 0.3) is 0 Å². The van der Waals surface area contributed by atoms with E-state index in [4.69, 9.17) is 9.47 Å². The maximum Gasteiger partial charge on any atom is 0.227 e. The first-order valence-corrected chi connectivity index (χ1v) is 8.74. The largest absolute Gasteiger partial charge is 0.508 e. The van der Waals surface area contributed by atoms with Crippen molar-refractivity contribution in [2.45, 2.75) is 26.2 Å². The first kappa shape index (κ1) is 19.6. The van der Waals surface area contributed by atoms with Crippen molar-refractivity contribution in [2.24, 2.45) is 5.92 Å². The van der Waals surface area contributed by atoms with Crippen LogP contribution >= 0.6 is 0 Å². The molecule has 2 rings (SSSR count). The van der Waals surface area contributed by atoms with E-state index in [0.29, 0.717) is 24.5 Å². The van der Waals surface area contributed by atoms with Crippen LogP contribution in [0.4, 0.5) is 0 Å². The number of benzene rings is 2. The van der Waals surface area contributed by atoms with Gasteiger partial charge in [-0.15, -0.1) is 0 Å². The lowest BCUT2D eigenvalue weighted by Gasteiger charge is -2.22. The number of nitrogens with one attached hydrogen (secondary N) is 1. The summed E-state index contributed by atoms with van der Waals surface area (Å²) >= 11 is 0. The zero-order valence-corrected chi connectivity index (χ0v) is 15.8. The molecule has 2 N–H and O–H groups in total. The molecule has 5 heteroatoms. The van der Waals surface area contributed by atoms with Crippen LogP contribution in [0.2, 0.25) is 0 Å². The number of amides is 1. The molecule has 0 aromatic heterocycles. The van der Waals surface area contributed by atoms with Gasteiger partial charge in [-0.1, -0.05) is 38.1 Å². The molecule has 2 aromatic rings. The molecule has 1 unspecified atom stereocenters. The SMILES string of the molecule is COc1ccc(C(C(=O)NCCc2ccccc2O)C(C)C)cc1OC. The zero-order valence-electron chi connectivity index (χ0n) is 15.8. The van der Waals surface area contributed by atoms with Gasteiger partial charge < -0.3 is 19.9 Å². The zero-order chi connectivity index (χ0) is 19.1. The average molecular weight is 357 g/mol. The molecular weight excluding hydrogens is 330 g/mol. The molecule has 1 atom stereocenters. The van der Waals surface area contributed by atoms with Gasteiger partial charge in [-0.3, -0.25) is 4.79 Å². The Bertz CT molecular complexity index is 743. The first-order valence-electron chi connectivity index (χ1n) is 8.74. The molecule has 0 spiro atoms. The summed E-state index contributed by atoms with van der Waals surface area (Å²) in [6, 6.07) is 12.7. The van der Waals surface area contributed by atoms with Crippen LogP contribution in [0.1, 0.15) is 30.9 Å². The predicted molar refractivity (Wildman–Crippen MR) is 102 cm³/mol. The standard InChI is InChI=1S/C21H27NO4/c1-14(2)20(16-9-10-18(25-3)19(13-16)26-4)21(24)22-12-11-15-7-5-6-8-17(15)23/h5-10,13-14,20,23H,11-12H2,1-4H3,(H,22,24). The predicted octanol–water partition coefficient (Wildman–Crippen LogP) is 3.51. The minimum absolute atomic E-state index is 0.0392. The van der Waals surface area contributed by atoms with Crippen molar-refractivity contribution >= 4 is 5.91 Å². The molecule has 0 aliphatic carbocycles. The van der Waals surface area contributed by atoms with Gasteiger partial charge in [0.15, 0.2) is 11.5 Å². The van der Waals surface area contributed by atoms with Gasteiger partial charge in [0.1, 0.15) is 5.75 Å².